The molecule has 7 nitrogen and oxygen atoms in total. The van der Waals surface area contributed by atoms with Crippen LogP contribution in [0.5, 0.6) is 0 Å². The SMILES string of the molecule is Cc1nc2c(c(N3CCN(C4CCOCC4)CC3)n1)CCNC2=O. The van der Waals surface area contributed by atoms with Gasteiger partial charge in [0.25, 0.3) is 5.91 Å². The summed E-state index contributed by atoms with van der Waals surface area (Å²) in [5.74, 6) is 1.58. The van der Waals surface area contributed by atoms with Crippen LogP contribution < -0.4 is 10.2 Å². The lowest BCUT2D eigenvalue weighted by molar-refractivity contribution is 0.0320. The molecule has 0 bridgehead atoms. The van der Waals surface area contributed by atoms with Gasteiger partial charge in [0.1, 0.15) is 17.3 Å². The first-order chi connectivity index (χ1) is 11.7. The van der Waals surface area contributed by atoms with Gasteiger partial charge in [-0.25, -0.2) is 9.97 Å². The van der Waals surface area contributed by atoms with Crippen molar-refractivity contribution in [2.24, 2.45) is 0 Å². The van der Waals surface area contributed by atoms with Gasteiger partial charge >= 0.3 is 0 Å². The largest absolute Gasteiger partial charge is 0.381 e. The van der Waals surface area contributed by atoms with Gasteiger partial charge in [-0.15, -0.1) is 0 Å². The zero-order valence-electron chi connectivity index (χ0n) is 14.3. The number of nitrogens with zero attached hydrogens (tertiary/aromatic N) is 4. The molecule has 0 atom stereocenters. The molecule has 0 aliphatic carbocycles. The number of hydrogen-bond acceptors (Lipinski definition) is 6. The Hall–Kier alpha value is -1.73. The molecule has 2 saturated heterocycles. The Morgan fingerprint density at radius 1 is 1.12 bits per heavy atom. The number of hydrogen-bond donors (Lipinski definition) is 1. The molecule has 3 aliphatic heterocycles. The van der Waals surface area contributed by atoms with Crippen molar-refractivity contribution in [1.82, 2.24) is 20.2 Å². The van der Waals surface area contributed by atoms with E-state index in [2.05, 4.69) is 25.1 Å². The van der Waals surface area contributed by atoms with Gasteiger partial charge in [-0.3, -0.25) is 9.69 Å². The third-order valence-electron chi connectivity index (χ3n) is 5.29. The van der Waals surface area contributed by atoms with Crippen molar-refractivity contribution in [2.45, 2.75) is 32.2 Å². The smallest absolute Gasteiger partial charge is 0.270 e. The summed E-state index contributed by atoms with van der Waals surface area (Å²) in [6.45, 7) is 8.33. The zero-order valence-corrected chi connectivity index (χ0v) is 14.3. The Kier molecular flexibility index (Phi) is 4.37. The van der Waals surface area contributed by atoms with Crippen molar-refractivity contribution in [1.29, 1.82) is 0 Å². The second-order valence-electron chi connectivity index (χ2n) is 6.79. The maximum absolute atomic E-state index is 12.1. The molecule has 1 amide bonds. The molecule has 130 valence electrons. The monoisotopic (exact) mass is 331 g/mol. The Bertz CT molecular complexity index is 622. The van der Waals surface area contributed by atoms with E-state index in [4.69, 9.17) is 4.74 Å². The van der Waals surface area contributed by atoms with Crippen LogP contribution in [0.15, 0.2) is 0 Å². The quantitative estimate of drug-likeness (QED) is 0.844. The summed E-state index contributed by atoms with van der Waals surface area (Å²) in [6, 6.07) is 0.660. The average Bonchev–Trinajstić information content (AvgIpc) is 2.63. The number of anilines is 1. The standard InChI is InChI=1S/C17H25N5O2/c1-12-19-15-14(2-5-18-17(15)23)16(20-12)22-8-6-21(7-9-22)13-3-10-24-11-4-13/h13H,2-11H2,1H3,(H,18,23). The molecule has 1 aromatic heterocycles. The van der Waals surface area contributed by atoms with E-state index in [-0.39, 0.29) is 5.91 Å². The third kappa shape index (κ3) is 2.98. The fourth-order valence-corrected chi connectivity index (χ4v) is 3.99. The molecule has 0 radical (unpaired) electrons. The van der Waals surface area contributed by atoms with E-state index in [9.17, 15) is 4.79 Å². The second-order valence-corrected chi connectivity index (χ2v) is 6.79. The third-order valence-corrected chi connectivity index (χ3v) is 5.29. The molecule has 0 aromatic carbocycles. The van der Waals surface area contributed by atoms with Crippen LogP contribution in [0.3, 0.4) is 0 Å². The van der Waals surface area contributed by atoms with Crippen molar-refractivity contribution in [3.8, 4) is 0 Å². The highest BCUT2D eigenvalue weighted by Gasteiger charge is 2.29. The van der Waals surface area contributed by atoms with Gasteiger partial charge in [-0.05, 0) is 26.2 Å². The highest BCUT2D eigenvalue weighted by molar-refractivity contribution is 5.96. The van der Waals surface area contributed by atoms with Crippen molar-refractivity contribution in [3.63, 3.8) is 0 Å². The highest BCUT2D eigenvalue weighted by atomic mass is 16.5. The van der Waals surface area contributed by atoms with Crippen LogP contribution in [0, 0.1) is 6.92 Å². The van der Waals surface area contributed by atoms with E-state index in [0.717, 1.165) is 70.0 Å². The topological polar surface area (TPSA) is 70.6 Å². The average molecular weight is 331 g/mol. The number of aromatic nitrogens is 2. The van der Waals surface area contributed by atoms with Crippen molar-refractivity contribution in [2.75, 3.05) is 50.8 Å². The molecular formula is C17H25N5O2. The Labute approximate surface area is 142 Å². The van der Waals surface area contributed by atoms with Gasteiger partial charge in [0.15, 0.2) is 0 Å². The molecule has 0 saturated carbocycles. The van der Waals surface area contributed by atoms with Crippen LogP contribution in [-0.4, -0.2) is 72.8 Å². The molecule has 4 rings (SSSR count). The predicted octanol–water partition coefficient (Wildman–Crippen LogP) is 0.372. The first-order valence-corrected chi connectivity index (χ1v) is 8.95. The molecule has 1 aromatic rings. The number of rotatable bonds is 2. The number of carbonyl (C=O) groups is 1. The van der Waals surface area contributed by atoms with E-state index in [1.807, 2.05) is 6.92 Å². The van der Waals surface area contributed by atoms with Gasteiger partial charge in [-0.2, -0.15) is 0 Å². The number of amides is 1. The first-order valence-electron chi connectivity index (χ1n) is 8.95. The van der Waals surface area contributed by atoms with Crippen molar-refractivity contribution >= 4 is 11.7 Å². The molecule has 0 spiro atoms. The Morgan fingerprint density at radius 2 is 1.88 bits per heavy atom. The summed E-state index contributed by atoms with van der Waals surface area (Å²) in [6.07, 6.45) is 3.10. The summed E-state index contributed by atoms with van der Waals surface area (Å²) in [4.78, 5) is 26.1. The molecule has 24 heavy (non-hydrogen) atoms. The fraction of sp³-hybridized carbons (Fsp3) is 0.706. The van der Waals surface area contributed by atoms with Crippen molar-refractivity contribution in [3.05, 3.63) is 17.1 Å². The number of fused-ring (bicyclic) bond motifs is 1. The van der Waals surface area contributed by atoms with E-state index in [1.54, 1.807) is 0 Å². The summed E-state index contributed by atoms with van der Waals surface area (Å²) in [5, 5.41) is 2.88. The van der Waals surface area contributed by atoms with Crippen LogP contribution in [0.1, 0.15) is 34.7 Å². The lowest BCUT2D eigenvalue weighted by Gasteiger charge is -2.41. The molecule has 1 N–H and O–H groups in total. The van der Waals surface area contributed by atoms with Gasteiger partial charge in [0.2, 0.25) is 0 Å². The van der Waals surface area contributed by atoms with Gasteiger partial charge < -0.3 is 15.0 Å². The number of piperazine rings is 1. The lowest BCUT2D eigenvalue weighted by Crippen LogP contribution is -2.52. The van der Waals surface area contributed by atoms with E-state index >= 15 is 0 Å². The molecular weight excluding hydrogens is 306 g/mol. The van der Waals surface area contributed by atoms with E-state index in [0.29, 0.717) is 24.1 Å². The zero-order chi connectivity index (χ0) is 16.5. The molecule has 2 fully saturated rings. The summed E-state index contributed by atoms with van der Waals surface area (Å²) in [7, 11) is 0. The number of aryl methyl sites for hydroxylation is 1. The van der Waals surface area contributed by atoms with Crippen LogP contribution in [0.4, 0.5) is 5.82 Å². The van der Waals surface area contributed by atoms with E-state index < -0.39 is 0 Å². The summed E-state index contributed by atoms with van der Waals surface area (Å²) < 4.78 is 5.47. The Morgan fingerprint density at radius 3 is 2.62 bits per heavy atom. The van der Waals surface area contributed by atoms with Gasteiger partial charge in [-0.1, -0.05) is 0 Å². The minimum Gasteiger partial charge on any atom is -0.381 e. The number of ether oxygens (including phenoxy) is 1. The molecule has 4 heterocycles. The normalized spacial score (nSPS) is 23.0. The number of carbonyl (C=O) groups excluding carboxylic acids is 1. The van der Waals surface area contributed by atoms with Crippen LogP contribution >= 0.6 is 0 Å². The minimum atomic E-state index is -0.0659. The highest BCUT2D eigenvalue weighted by Crippen LogP contribution is 2.26. The van der Waals surface area contributed by atoms with Crippen molar-refractivity contribution < 1.29 is 9.53 Å². The fourth-order valence-electron chi connectivity index (χ4n) is 3.99. The summed E-state index contributed by atoms with van der Waals surface area (Å²) >= 11 is 0. The minimum absolute atomic E-state index is 0.0659. The predicted molar refractivity (Wildman–Crippen MR) is 90.4 cm³/mol. The molecule has 3 aliphatic rings. The number of nitrogens with one attached hydrogen (secondary N) is 1. The van der Waals surface area contributed by atoms with Gasteiger partial charge in [0.05, 0.1) is 0 Å². The van der Waals surface area contributed by atoms with Crippen LogP contribution in [-0.2, 0) is 11.2 Å². The first kappa shape index (κ1) is 15.8. The lowest BCUT2D eigenvalue weighted by atomic mass is 10.0. The second kappa shape index (κ2) is 6.64. The summed E-state index contributed by atoms with van der Waals surface area (Å²) in [5.41, 5.74) is 1.58. The van der Waals surface area contributed by atoms with Crippen LogP contribution in [0.25, 0.3) is 0 Å². The molecule has 0 unspecified atom stereocenters. The maximum Gasteiger partial charge on any atom is 0.270 e. The maximum atomic E-state index is 12.1. The van der Waals surface area contributed by atoms with E-state index in [1.165, 1.54) is 0 Å². The Balaban J connectivity index is 1.50. The molecule has 7 heteroatoms. The van der Waals surface area contributed by atoms with Gasteiger partial charge in [0, 0.05) is 57.5 Å². The van der Waals surface area contributed by atoms with Crippen LogP contribution in [0.2, 0.25) is 0 Å².